The van der Waals surface area contributed by atoms with Gasteiger partial charge < -0.3 is 10.6 Å². The molecule has 2 aromatic rings. The zero-order chi connectivity index (χ0) is 15.4. The Morgan fingerprint density at radius 3 is 2.57 bits per heavy atom. The van der Waals surface area contributed by atoms with Gasteiger partial charge in [-0.1, -0.05) is 0 Å². The van der Waals surface area contributed by atoms with Crippen molar-refractivity contribution in [2.75, 3.05) is 17.7 Å². The molecule has 1 heterocycles. The van der Waals surface area contributed by atoms with Crippen LogP contribution in [0.3, 0.4) is 0 Å². The van der Waals surface area contributed by atoms with E-state index in [4.69, 9.17) is 0 Å². The van der Waals surface area contributed by atoms with Crippen LogP contribution in [-0.4, -0.2) is 27.8 Å². The fourth-order valence-corrected chi connectivity index (χ4v) is 1.71. The topological polar surface area (TPSA) is 110 Å². The number of aromatic nitrogens is 2. The van der Waals surface area contributed by atoms with Crippen molar-refractivity contribution in [3.63, 3.8) is 0 Å². The number of carbonyl (C=O) groups excluding carboxylic acids is 1. The molecule has 0 radical (unpaired) electrons. The van der Waals surface area contributed by atoms with E-state index >= 15 is 0 Å². The standard InChI is InChI=1S/C13H13N5O3/c1-8-5-9(3-4-11(8)18(20)21)17-13(19)10-6-16-12(14-2)7-15-10/h3-7H,1-2H3,(H,14,16)(H,17,19). The second-order valence-electron chi connectivity index (χ2n) is 4.25. The van der Waals surface area contributed by atoms with Crippen LogP contribution in [0.5, 0.6) is 0 Å². The van der Waals surface area contributed by atoms with Crippen LogP contribution in [0.25, 0.3) is 0 Å². The lowest BCUT2D eigenvalue weighted by Gasteiger charge is -2.06. The lowest BCUT2D eigenvalue weighted by atomic mass is 10.2. The zero-order valence-corrected chi connectivity index (χ0v) is 11.5. The largest absolute Gasteiger partial charge is 0.372 e. The molecule has 1 amide bonds. The molecule has 0 atom stereocenters. The van der Waals surface area contributed by atoms with Gasteiger partial charge in [0.2, 0.25) is 0 Å². The van der Waals surface area contributed by atoms with Crippen LogP contribution in [0.4, 0.5) is 17.2 Å². The Labute approximate surface area is 120 Å². The summed E-state index contributed by atoms with van der Waals surface area (Å²) in [4.78, 5) is 30.2. The van der Waals surface area contributed by atoms with Crippen molar-refractivity contribution < 1.29 is 9.72 Å². The molecule has 2 rings (SSSR count). The number of nitro benzene ring substituents is 1. The predicted molar refractivity (Wildman–Crippen MR) is 77.4 cm³/mol. The minimum absolute atomic E-state index is 0.00571. The van der Waals surface area contributed by atoms with Crippen LogP contribution >= 0.6 is 0 Å². The molecule has 0 fully saturated rings. The third-order valence-corrected chi connectivity index (χ3v) is 2.79. The van der Waals surface area contributed by atoms with Gasteiger partial charge >= 0.3 is 0 Å². The van der Waals surface area contributed by atoms with Crippen LogP contribution in [0.1, 0.15) is 16.1 Å². The van der Waals surface area contributed by atoms with Gasteiger partial charge in [-0.2, -0.15) is 0 Å². The number of nitrogens with zero attached hydrogens (tertiary/aromatic N) is 3. The first-order chi connectivity index (χ1) is 10.0. The maximum atomic E-state index is 12.0. The summed E-state index contributed by atoms with van der Waals surface area (Å²) in [6.45, 7) is 1.61. The second kappa shape index (κ2) is 5.95. The minimum Gasteiger partial charge on any atom is -0.372 e. The predicted octanol–water partition coefficient (Wildman–Crippen LogP) is 1.99. The van der Waals surface area contributed by atoms with E-state index < -0.39 is 10.8 Å². The molecule has 8 nitrogen and oxygen atoms in total. The molecule has 1 aromatic carbocycles. The molecule has 21 heavy (non-hydrogen) atoms. The zero-order valence-electron chi connectivity index (χ0n) is 11.5. The summed E-state index contributed by atoms with van der Waals surface area (Å²) in [6.07, 6.45) is 2.79. The van der Waals surface area contributed by atoms with Crippen molar-refractivity contribution in [2.24, 2.45) is 0 Å². The van der Waals surface area contributed by atoms with Crippen molar-refractivity contribution in [2.45, 2.75) is 6.92 Å². The molecule has 8 heteroatoms. The molecule has 2 N–H and O–H groups in total. The molecule has 0 saturated heterocycles. The van der Waals surface area contributed by atoms with Gasteiger partial charge in [-0.25, -0.2) is 9.97 Å². The fourth-order valence-electron chi connectivity index (χ4n) is 1.71. The van der Waals surface area contributed by atoms with Crippen LogP contribution in [0.2, 0.25) is 0 Å². The molecular formula is C13H13N5O3. The van der Waals surface area contributed by atoms with E-state index in [0.29, 0.717) is 17.1 Å². The van der Waals surface area contributed by atoms with E-state index in [9.17, 15) is 14.9 Å². The molecular weight excluding hydrogens is 274 g/mol. The number of nitro groups is 1. The molecule has 0 unspecified atom stereocenters. The fraction of sp³-hybridized carbons (Fsp3) is 0.154. The Morgan fingerprint density at radius 2 is 2.05 bits per heavy atom. The maximum absolute atomic E-state index is 12.0. The summed E-state index contributed by atoms with van der Waals surface area (Å²) >= 11 is 0. The van der Waals surface area contributed by atoms with Gasteiger partial charge in [0.05, 0.1) is 17.3 Å². The Balaban J connectivity index is 2.15. The van der Waals surface area contributed by atoms with Crippen molar-refractivity contribution >= 4 is 23.1 Å². The van der Waals surface area contributed by atoms with Gasteiger partial charge in [-0.05, 0) is 19.1 Å². The van der Waals surface area contributed by atoms with E-state index in [1.54, 1.807) is 14.0 Å². The summed E-state index contributed by atoms with van der Waals surface area (Å²) in [7, 11) is 1.70. The number of benzene rings is 1. The van der Waals surface area contributed by atoms with E-state index in [2.05, 4.69) is 20.6 Å². The van der Waals surface area contributed by atoms with Crippen molar-refractivity contribution in [3.05, 3.63) is 52.0 Å². The summed E-state index contributed by atoms with van der Waals surface area (Å²) < 4.78 is 0. The number of amides is 1. The molecule has 0 aliphatic heterocycles. The highest BCUT2D eigenvalue weighted by Crippen LogP contribution is 2.21. The highest BCUT2D eigenvalue weighted by Gasteiger charge is 2.13. The van der Waals surface area contributed by atoms with Crippen molar-refractivity contribution in [1.82, 2.24) is 9.97 Å². The Morgan fingerprint density at radius 1 is 1.29 bits per heavy atom. The summed E-state index contributed by atoms with van der Waals surface area (Å²) in [5.74, 6) is 0.121. The number of nitrogens with one attached hydrogen (secondary N) is 2. The van der Waals surface area contributed by atoms with E-state index in [-0.39, 0.29) is 11.4 Å². The van der Waals surface area contributed by atoms with Crippen molar-refractivity contribution in [1.29, 1.82) is 0 Å². The second-order valence-corrected chi connectivity index (χ2v) is 4.25. The number of rotatable bonds is 4. The Kier molecular flexibility index (Phi) is 4.07. The number of aryl methyl sites for hydroxylation is 1. The molecule has 0 aliphatic carbocycles. The maximum Gasteiger partial charge on any atom is 0.275 e. The third kappa shape index (κ3) is 3.30. The third-order valence-electron chi connectivity index (χ3n) is 2.79. The van der Waals surface area contributed by atoms with Gasteiger partial charge in [0.1, 0.15) is 11.5 Å². The minimum atomic E-state index is -0.469. The average molecular weight is 287 g/mol. The van der Waals surface area contributed by atoms with Crippen LogP contribution in [0.15, 0.2) is 30.6 Å². The van der Waals surface area contributed by atoms with Crippen molar-refractivity contribution in [3.8, 4) is 0 Å². The number of hydrogen-bond donors (Lipinski definition) is 2. The number of hydrogen-bond acceptors (Lipinski definition) is 6. The Hall–Kier alpha value is -3.03. The van der Waals surface area contributed by atoms with Gasteiger partial charge in [-0.15, -0.1) is 0 Å². The molecule has 1 aromatic heterocycles. The molecule has 0 aliphatic rings. The van der Waals surface area contributed by atoms with Crippen LogP contribution in [0, 0.1) is 17.0 Å². The highest BCUT2D eigenvalue weighted by molar-refractivity contribution is 6.02. The van der Waals surface area contributed by atoms with Crippen LogP contribution in [-0.2, 0) is 0 Å². The molecule has 0 bridgehead atoms. The lowest BCUT2D eigenvalue weighted by molar-refractivity contribution is -0.385. The quantitative estimate of drug-likeness (QED) is 0.657. The summed E-state index contributed by atoms with van der Waals surface area (Å²) in [6, 6.07) is 4.35. The Bertz CT molecular complexity index is 685. The number of carbonyl (C=O) groups is 1. The van der Waals surface area contributed by atoms with E-state index in [1.165, 1.54) is 30.6 Å². The average Bonchev–Trinajstić information content (AvgIpc) is 2.47. The SMILES string of the molecule is CNc1cnc(C(=O)Nc2ccc([N+](=O)[O-])c(C)c2)cn1. The van der Waals surface area contributed by atoms with Gasteiger partial charge in [0.25, 0.3) is 11.6 Å². The first kappa shape index (κ1) is 14.4. The molecule has 0 spiro atoms. The molecule has 108 valence electrons. The smallest absolute Gasteiger partial charge is 0.275 e. The monoisotopic (exact) mass is 287 g/mol. The van der Waals surface area contributed by atoms with Gasteiger partial charge in [0.15, 0.2) is 0 Å². The first-order valence-corrected chi connectivity index (χ1v) is 6.07. The van der Waals surface area contributed by atoms with E-state index in [1.807, 2.05) is 0 Å². The first-order valence-electron chi connectivity index (χ1n) is 6.07. The summed E-state index contributed by atoms with van der Waals surface area (Å²) in [5.41, 5.74) is 1.09. The number of anilines is 2. The highest BCUT2D eigenvalue weighted by atomic mass is 16.6. The van der Waals surface area contributed by atoms with E-state index in [0.717, 1.165) is 0 Å². The van der Waals surface area contributed by atoms with Gasteiger partial charge in [0, 0.05) is 24.4 Å². The normalized spacial score (nSPS) is 10.0. The lowest BCUT2D eigenvalue weighted by Crippen LogP contribution is -2.14. The van der Waals surface area contributed by atoms with Gasteiger partial charge in [-0.3, -0.25) is 14.9 Å². The van der Waals surface area contributed by atoms with Crippen LogP contribution < -0.4 is 10.6 Å². The summed E-state index contributed by atoms with van der Waals surface area (Å²) in [5, 5.41) is 16.1. The molecule has 0 saturated carbocycles.